The van der Waals surface area contributed by atoms with Crippen LogP contribution in [0.15, 0.2) is 60.7 Å². The maximum Gasteiger partial charge on any atom is 0.304 e. The van der Waals surface area contributed by atoms with Crippen LogP contribution in [0.2, 0.25) is 0 Å². The van der Waals surface area contributed by atoms with Crippen LogP contribution in [-0.4, -0.2) is 34.3 Å². The average Bonchev–Trinajstić information content (AvgIpc) is 3.39. The van der Waals surface area contributed by atoms with E-state index in [1.54, 1.807) is 7.11 Å². The molecule has 2 N–H and O–H groups in total. The van der Waals surface area contributed by atoms with Gasteiger partial charge < -0.3 is 19.9 Å². The molecule has 1 aliphatic rings. The first-order chi connectivity index (χ1) is 16.5. The van der Waals surface area contributed by atoms with Crippen LogP contribution in [-0.2, 0) is 22.7 Å². The zero-order chi connectivity index (χ0) is 23.7. The number of rotatable bonds is 8. The number of nitrogens with zero attached hydrogens (tertiary/aromatic N) is 2. The Kier molecular flexibility index (Phi) is 5.94. The summed E-state index contributed by atoms with van der Waals surface area (Å²) in [6, 6.07) is 20.3. The van der Waals surface area contributed by atoms with Gasteiger partial charge in [0.25, 0.3) is 0 Å². The standard InChI is InChI=1S/C27H27N3O4/c1-17-18(14-28-20-10-11-21-19(12-27(31)32)15-34-25(21)13-20)6-5-9-23(17)30-24-8-4-3-7-22(24)29-26(30)16-33-2/h3-11,13,19,28H,12,14-16H2,1-2H3,(H,31,32)/t19-/m1/s1. The number of benzene rings is 3. The molecule has 174 valence electrons. The second kappa shape index (κ2) is 9.19. The third kappa shape index (κ3) is 4.10. The first kappa shape index (κ1) is 22.0. The summed E-state index contributed by atoms with van der Waals surface area (Å²) in [5.41, 5.74) is 7.30. The lowest BCUT2D eigenvalue weighted by Gasteiger charge is -2.16. The molecule has 0 amide bonds. The third-order valence-electron chi connectivity index (χ3n) is 6.36. The van der Waals surface area contributed by atoms with Gasteiger partial charge in [0.05, 0.1) is 29.7 Å². The minimum atomic E-state index is -0.807. The Morgan fingerprint density at radius 2 is 2.06 bits per heavy atom. The van der Waals surface area contributed by atoms with Gasteiger partial charge in [-0.2, -0.15) is 0 Å². The van der Waals surface area contributed by atoms with Crippen molar-refractivity contribution < 1.29 is 19.4 Å². The number of anilines is 1. The zero-order valence-electron chi connectivity index (χ0n) is 19.2. The molecule has 7 nitrogen and oxygen atoms in total. The quantitative estimate of drug-likeness (QED) is 0.385. The third-order valence-corrected chi connectivity index (χ3v) is 6.36. The topological polar surface area (TPSA) is 85.6 Å². The predicted molar refractivity (Wildman–Crippen MR) is 131 cm³/mol. The van der Waals surface area contributed by atoms with E-state index in [0.29, 0.717) is 19.8 Å². The van der Waals surface area contributed by atoms with Crippen LogP contribution in [0.4, 0.5) is 5.69 Å². The minimum Gasteiger partial charge on any atom is -0.493 e. The number of nitrogens with one attached hydrogen (secondary N) is 1. The normalized spacial score (nSPS) is 14.7. The van der Waals surface area contributed by atoms with Gasteiger partial charge in [-0.15, -0.1) is 0 Å². The molecule has 1 aliphatic heterocycles. The number of carboxylic acids is 1. The summed E-state index contributed by atoms with van der Waals surface area (Å²) >= 11 is 0. The second-order valence-corrected chi connectivity index (χ2v) is 8.56. The fraction of sp³-hybridized carbons (Fsp3) is 0.259. The highest BCUT2D eigenvalue weighted by Gasteiger charge is 2.26. The van der Waals surface area contributed by atoms with Crippen molar-refractivity contribution in [1.82, 2.24) is 9.55 Å². The van der Waals surface area contributed by atoms with E-state index in [0.717, 1.165) is 45.1 Å². The van der Waals surface area contributed by atoms with Crippen molar-refractivity contribution in [1.29, 1.82) is 0 Å². The highest BCUT2D eigenvalue weighted by atomic mass is 16.5. The van der Waals surface area contributed by atoms with Crippen molar-refractivity contribution in [3.05, 3.63) is 83.2 Å². The first-order valence-corrected chi connectivity index (χ1v) is 11.3. The molecule has 5 rings (SSSR count). The molecule has 34 heavy (non-hydrogen) atoms. The molecular formula is C27H27N3O4. The van der Waals surface area contributed by atoms with Crippen LogP contribution in [0, 0.1) is 6.92 Å². The fourth-order valence-corrected chi connectivity index (χ4v) is 4.64. The predicted octanol–water partition coefficient (Wildman–Crippen LogP) is 5.04. The average molecular weight is 458 g/mol. The van der Waals surface area contributed by atoms with Gasteiger partial charge in [-0.1, -0.05) is 30.3 Å². The SMILES string of the molecule is COCc1nc2ccccc2n1-c1cccc(CNc2ccc3c(c2)OC[C@H]3CC(=O)O)c1C. The summed E-state index contributed by atoms with van der Waals surface area (Å²) in [5.74, 6) is 0.726. The number of aromatic nitrogens is 2. The number of methoxy groups -OCH3 is 1. The van der Waals surface area contributed by atoms with Gasteiger partial charge in [0.2, 0.25) is 0 Å². The number of carboxylic acid groups (broad SMARTS) is 1. The molecule has 0 aliphatic carbocycles. The summed E-state index contributed by atoms with van der Waals surface area (Å²) in [5, 5.41) is 12.6. The van der Waals surface area contributed by atoms with Crippen molar-refractivity contribution >= 4 is 22.7 Å². The molecule has 1 aromatic heterocycles. The van der Waals surface area contributed by atoms with Gasteiger partial charge in [-0.05, 0) is 42.3 Å². The summed E-state index contributed by atoms with van der Waals surface area (Å²) < 4.78 is 13.3. The Balaban J connectivity index is 1.40. The van der Waals surface area contributed by atoms with Gasteiger partial charge in [-0.3, -0.25) is 9.36 Å². The summed E-state index contributed by atoms with van der Waals surface area (Å²) in [6.07, 6.45) is 0.0831. The Labute approximate surface area is 198 Å². The molecule has 0 fully saturated rings. The van der Waals surface area contributed by atoms with Gasteiger partial charge >= 0.3 is 5.97 Å². The molecule has 0 radical (unpaired) electrons. The molecule has 7 heteroatoms. The lowest BCUT2D eigenvalue weighted by molar-refractivity contribution is -0.137. The summed E-state index contributed by atoms with van der Waals surface area (Å²) in [7, 11) is 1.68. The Morgan fingerprint density at radius 3 is 2.88 bits per heavy atom. The van der Waals surface area contributed by atoms with E-state index in [1.807, 2.05) is 36.4 Å². The van der Waals surface area contributed by atoms with Crippen molar-refractivity contribution in [2.75, 3.05) is 19.0 Å². The number of imidazole rings is 1. The molecule has 0 saturated carbocycles. The van der Waals surface area contributed by atoms with Crippen LogP contribution >= 0.6 is 0 Å². The van der Waals surface area contributed by atoms with E-state index >= 15 is 0 Å². The van der Waals surface area contributed by atoms with Crippen LogP contribution in [0.25, 0.3) is 16.7 Å². The maximum atomic E-state index is 11.1. The van der Waals surface area contributed by atoms with Crippen molar-refractivity contribution in [3.63, 3.8) is 0 Å². The monoisotopic (exact) mass is 457 g/mol. The van der Waals surface area contributed by atoms with E-state index in [4.69, 9.17) is 19.6 Å². The van der Waals surface area contributed by atoms with E-state index in [9.17, 15) is 4.79 Å². The molecule has 3 aromatic carbocycles. The minimum absolute atomic E-state index is 0.0831. The Morgan fingerprint density at radius 1 is 1.21 bits per heavy atom. The molecule has 0 spiro atoms. The molecule has 2 heterocycles. The van der Waals surface area contributed by atoms with E-state index in [1.165, 1.54) is 5.56 Å². The van der Waals surface area contributed by atoms with Gasteiger partial charge in [0, 0.05) is 36.9 Å². The van der Waals surface area contributed by atoms with Crippen molar-refractivity contribution in [2.45, 2.75) is 32.4 Å². The summed E-state index contributed by atoms with van der Waals surface area (Å²) in [6.45, 7) is 3.60. The summed E-state index contributed by atoms with van der Waals surface area (Å²) in [4.78, 5) is 15.9. The number of hydrogen-bond donors (Lipinski definition) is 2. The molecule has 4 aromatic rings. The molecular weight excluding hydrogens is 430 g/mol. The molecule has 0 unspecified atom stereocenters. The highest BCUT2D eigenvalue weighted by molar-refractivity contribution is 5.78. The van der Waals surface area contributed by atoms with Crippen LogP contribution in [0.1, 0.15) is 34.9 Å². The van der Waals surface area contributed by atoms with E-state index in [2.05, 4.69) is 41.1 Å². The Bertz CT molecular complexity index is 1360. The van der Waals surface area contributed by atoms with E-state index in [-0.39, 0.29) is 12.3 Å². The number of ether oxygens (including phenoxy) is 2. The van der Waals surface area contributed by atoms with Crippen molar-refractivity contribution in [3.8, 4) is 11.4 Å². The van der Waals surface area contributed by atoms with Gasteiger partial charge in [0.1, 0.15) is 18.2 Å². The number of para-hydroxylation sites is 2. The number of aliphatic carboxylic acids is 1. The fourth-order valence-electron chi connectivity index (χ4n) is 4.64. The van der Waals surface area contributed by atoms with Crippen LogP contribution in [0.5, 0.6) is 5.75 Å². The van der Waals surface area contributed by atoms with Gasteiger partial charge in [-0.25, -0.2) is 4.98 Å². The molecule has 0 bridgehead atoms. The number of fused-ring (bicyclic) bond motifs is 2. The highest BCUT2D eigenvalue weighted by Crippen LogP contribution is 2.38. The van der Waals surface area contributed by atoms with Crippen LogP contribution in [0.3, 0.4) is 0 Å². The smallest absolute Gasteiger partial charge is 0.304 e. The molecule has 1 atom stereocenters. The molecule has 0 saturated heterocycles. The number of carbonyl (C=O) groups is 1. The lowest BCUT2D eigenvalue weighted by atomic mass is 9.98. The largest absolute Gasteiger partial charge is 0.493 e. The second-order valence-electron chi connectivity index (χ2n) is 8.56. The first-order valence-electron chi connectivity index (χ1n) is 11.3. The van der Waals surface area contributed by atoms with Gasteiger partial charge in [0.15, 0.2) is 0 Å². The van der Waals surface area contributed by atoms with E-state index < -0.39 is 5.97 Å². The van der Waals surface area contributed by atoms with Crippen molar-refractivity contribution in [2.24, 2.45) is 0 Å². The lowest BCUT2D eigenvalue weighted by Crippen LogP contribution is -2.08. The maximum absolute atomic E-state index is 11.1. The number of hydrogen-bond acceptors (Lipinski definition) is 5. The van der Waals surface area contributed by atoms with Crippen LogP contribution < -0.4 is 10.1 Å². The zero-order valence-corrected chi connectivity index (χ0v) is 19.2. The Hall–Kier alpha value is -3.84.